The lowest BCUT2D eigenvalue weighted by Gasteiger charge is -2.23. The Bertz CT molecular complexity index is 211. The molecule has 16 heavy (non-hydrogen) atoms. The topological polar surface area (TPSA) is 46.3 Å². The fourth-order valence-electron chi connectivity index (χ4n) is 2.20. The second-order valence-corrected chi connectivity index (χ2v) is 4.55. The Kier molecular flexibility index (Phi) is 7.77. The minimum Gasteiger partial charge on any atom is -0.341 e. The molecule has 0 aromatic rings. The van der Waals surface area contributed by atoms with E-state index in [-0.39, 0.29) is 24.4 Å². The third kappa shape index (κ3) is 4.30. The van der Waals surface area contributed by atoms with Crippen molar-refractivity contribution in [3.8, 4) is 0 Å². The first kappa shape index (κ1) is 15.7. The number of carbonyl (C=O) groups excluding carboxylic acids is 1. The zero-order chi connectivity index (χ0) is 11.3. The van der Waals surface area contributed by atoms with Crippen LogP contribution >= 0.6 is 12.4 Å². The molecule has 0 saturated carbocycles. The summed E-state index contributed by atoms with van der Waals surface area (Å²) in [5.74, 6) is 0.954. The van der Waals surface area contributed by atoms with Gasteiger partial charge in [0.2, 0.25) is 5.91 Å². The molecule has 3 nitrogen and oxygen atoms in total. The van der Waals surface area contributed by atoms with Gasteiger partial charge >= 0.3 is 0 Å². The van der Waals surface area contributed by atoms with Crippen molar-refractivity contribution in [1.29, 1.82) is 0 Å². The molecule has 1 fully saturated rings. The summed E-state index contributed by atoms with van der Waals surface area (Å²) >= 11 is 0. The van der Waals surface area contributed by atoms with Gasteiger partial charge in [-0.05, 0) is 31.6 Å². The van der Waals surface area contributed by atoms with Crippen LogP contribution in [0.25, 0.3) is 0 Å². The second-order valence-electron chi connectivity index (χ2n) is 4.55. The average Bonchev–Trinajstić information content (AvgIpc) is 2.51. The van der Waals surface area contributed by atoms with E-state index < -0.39 is 0 Å². The highest BCUT2D eigenvalue weighted by Gasteiger charge is 2.22. The summed E-state index contributed by atoms with van der Waals surface area (Å²) in [7, 11) is 0. The highest BCUT2D eigenvalue weighted by atomic mass is 35.5. The first-order chi connectivity index (χ1) is 7.19. The monoisotopic (exact) mass is 248 g/mol. The number of nitrogens with zero attached hydrogens (tertiary/aromatic N) is 1. The van der Waals surface area contributed by atoms with E-state index in [1.807, 2.05) is 11.8 Å². The number of hydrogen-bond acceptors (Lipinski definition) is 2. The van der Waals surface area contributed by atoms with Gasteiger partial charge in [-0.15, -0.1) is 12.4 Å². The highest BCUT2D eigenvalue weighted by Crippen LogP contribution is 2.20. The molecule has 1 amide bonds. The van der Waals surface area contributed by atoms with Crippen molar-refractivity contribution in [2.24, 2.45) is 11.7 Å². The second kappa shape index (κ2) is 7.91. The lowest BCUT2D eigenvalue weighted by Crippen LogP contribution is -2.43. The molecule has 0 bridgehead atoms. The standard InChI is InChI=1S/C12H24N2O.ClH/c1-3-10-6-5-8-14(9-7-10)12(15)11(13)4-2;/h10-11H,3-9,13H2,1-2H3;1H/t10?,11-;/m0./s1. The van der Waals surface area contributed by atoms with E-state index in [0.717, 1.165) is 38.3 Å². The average molecular weight is 249 g/mol. The third-order valence-electron chi connectivity index (χ3n) is 3.49. The van der Waals surface area contributed by atoms with E-state index in [2.05, 4.69) is 6.92 Å². The Morgan fingerprint density at radius 3 is 2.62 bits per heavy atom. The fourth-order valence-corrected chi connectivity index (χ4v) is 2.20. The van der Waals surface area contributed by atoms with Crippen LogP contribution in [0.3, 0.4) is 0 Å². The van der Waals surface area contributed by atoms with Gasteiger partial charge in [0.1, 0.15) is 0 Å². The van der Waals surface area contributed by atoms with E-state index in [4.69, 9.17) is 5.73 Å². The van der Waals surface area contributed by atoms with Crippen molar-refractivity contribution in [1.82, 2.24) is 4.90 Å². The van der Waals surface area contributed by atoms with E-state index in [1.54, 1.807) is 0 Å². The van der Waals surface area contributed by atoms with Crippen LogP contribution in [-0.2, 0) is 4.79 Å². The SMILES string of the molecule is CCC1CCCN(C(=O)[C@@H](N)CC)CC1.Cl. The first-order valence-electron chi connectivity index (χ1n) is 6.23. The van der Waals surface area contributed by atoms with Crippen molar-refractivity contribution >= 4 is 18.3 Å². The maximum atomic E-state index is 11.9. The van der Waals surface area contributed by atoms with E-state index in [1.165, 1.54) is 12.8 Å². The Balaban J connectivity index is 0.00000225. The summed E-state index contributed by atoms with van der Waals surface area (Å²) in [4.78, 5) is 13.8. The molecule has 2 N–H and O–H groups in total. The van der Waals surface area contributed by atoms with Gasteiger partial charge in [-0.25, -0.2) is 0 Å². The van der Waals surface area contributed by atoms with Crippen LogP contribution in [0.5, 0.6) is 0 Å². The Hall–Kier alpha value is -0.280. The number of likely N-dealkylation sites (tertiary alicyclic amines) is 1. The van der Waals surface area contributed by atoms with E-state index >= 15 is 0 Å². The molecule has 0 aromatic carbocycles. The van der Waals surface area contributed by atoms with Crippen molar-refractivity contribution in [2.75, 3.05) is 13.1 Å². The Morgan fingerprint density at radius 1 is 1.38 bits per heavy atom. The van der Waals surface area contributed by atoms with E-state index in [0.29, 0.717) is 0 Å². The van der Waals surface area contributed by atoms with Gasteiger partial charge in [-0.1, -0.05) is 20.3 Å². The lowest BCUT2D eigenvalue weighted by atomic mass is 9.98. The van der Waals surface area contributed by atoms with Crippen LogP contribution in [0.1, 0.15) is 46.0 Å². The quantitative estimate of drug-likeness (QED) is 0.832. The molecule has 4 heteroatoms. The van der Waals surface area contributed by atoms with Crippen molar-refractivity contribution in [2.45, 2.75) is 52.0 Å². The number of nitrogens with two attached hydrogens (primary N) is 1. The summed E-state index contributed by atoms with van der Waals surface area (Å²) in [5.41, 5.74) is 5.77. The number of carbonyl (C=O) groups is 1. The third-order valence-corrected chi connectivity index (χ3v) is 3.49. The van der Waals surface area contributed by atoms with Crippen LogP contribution in [-0.4, -0.2) is 29.9 Å². The van der Waals surface area contributed by atoms with Crippen LogP contribution in [0, 0.1) is 5.92 Å². The molecule has 1 aliphatic heterocycles. The van der Waals surface area contributed by atoms with Gasteiger partial charge in [0.05, 0.1) is 6.04 Å². The molecule has 1 heterocycles. The number of rotatable bonds is 3. The predicted molar refractivity (Wildman–Crippen MR) is 69.7 cm³/mol. The minimum atomic E-state index is -0.289. The lowest BCUT2D eigenvalue weighted by molar-refractivity contribution is -0.132. The normalized spacial score (nSPS) is 23.2. The Morgan fingerprint density at radius 2 is 2.06 bits per heavy atom. The van der Waals surface area contributed by atoms with Crippen LogP contribution < -0.4 is 5.73 Å². The van der Waals surface area contributed by atoms with Crippen molar-refractivity contribution < 1.29 is 4.79 Å². The highest BCUT2D eigenvalue weighted by molar-refractivity contribution is 5.85. The molecule has 0 radical (unpaired) electrons. The molecule has 1 aliphatic rings. The molecule has 2 atom stereocenters. The summed E-state index contributed by atoms with van der Waals surface area (Å²) < 4.78 is 0. The largest absolute Gasteiger partial charge is 0.341 e. The molecule has 96 valence electrons. The van der Waals surface area contributed by atoms with Crippen molar-refractivity contribution in [3.05, 3.63) is 0 Å². The van der Waals surface area contributed by atoms with Crippen molar-refractivity contribution in [3.63, 3.8) is 0 Å². The van der Waals surface area contributed by atoms with Gasteiger partial charge in [0.15, 0.2) is 0 Å². The van der Waals surface area contributed by atoms with Gasteiger partial charge < -0.3 is 10.6 Å². The smallest absolute Gasteiger partial charge is 0.239 e. The van der Waals surface area contributed by atoms with Crippen LogP contribution in [0.15, 0.2) is 0 Å². The molecular weight excluding hydrogens is 224 g/mol. The van der Waals surface area contributed by atoms with Crippen LogP contribution in [0.4, 0.5) is 0 Å². The molecule has 0 aromatic heterocycles. The number of hydrogen-bond donors (Lipinski definition) is 1. The maximum Gasteiger partial charge on any atom is 0.239 e. The summed E-state index contributed by atoms with van der Waals surface area (Å²) in [5, 5.41) is 0. The molecule has 1 saturated heterocycles. The van der Waals surface area contributed by atoms with Crippen LogP contribution in [0.2, 0.25) is 0 Å². The molecule has 1 unspecified atom stereocenters. The van der Waals surface area contributed by atoms with Gasteiger partial charge in [0.25, 0.3) is 0 Å². The van der Waals surface area contributed by atoms with Gasteiger partial charge in [-0.2, -0.15) is 0 Å². The Labute approximate surface area is 105 Å². The molecular formula is C12H25ClN2O. The van der Waals surface area contributed by atoms with Gasteiger partial charge in [0, 0.05) is 13.1 Å². The summed E-state index contributed by atoms with van der Waals surface area (Å²) in [6, 6.07) is -0.289. The number of halogens is 1. The zero-order valence-corrected chi connectivity index (χ0v) is 11.3. The fraction of sp³-hybridized carbons (Fsp3) is 0.917. The molecule has 0 spiro atoms. The van der Waals surface area contributed by atoms with Gasteiger partial charge in [-0.3, -0.25) is 4.79 Å². The summed E-state index contributed by atoms with van der Waals surface area (Å²) in [6.45, 7) is 6.02. The maximum absolute atomic E-state index is 11.9. The number of amides is 1. The minimum absolute atomic E-state index is 0. The summed E-state index contributed by atoms with van der Waals surface area (Å²) in [6.07, 6.45) is 5.54. The molecule has 0 aliphatic carbocycles. The van der Waals surface area contributed by atoms with E-state index in [9.17, 15) is 4.79 Å². The zero-order valence-electron chi connectivity index (χ0n) is 10.4. The predicted octanol–water partition coefficient (Wildman–Crippen LogP) is 2.18. The first-order valence-corrected chi connectivity index (χ1v) is 6.23. The molecule has 1 rings (SSSR count).